The molecule has 26 heavy (non-hydrogen) atoms. The van der Waals surface area contributed by atoms with Crippen molar-refractivity contribution >= 4 is 40.7 Å². The summed E-state index contributed by atoms with van der Waals surface area (Å²) in [5.41, 5.74) is 3.25. The molecule has 2 heterocycles. The van der Waals surface area contributed by atoms with Crippen LogP contribution in [0.4, 0.5) is 0 Å². The van der Waals surface area contributed by atoms with Crippen LogP contribution < -0.4 is 5.46 Å². The van der Waals surface area contributed by atoms with Crippen LogP contribution in [0.15, 0.2) is 36.4 Å². The number of aromatic nitrogens is 1. The van der Waals surface area contributed by atoms with Crippen molar-refractivity contribution < 1.29 is 14.1 Å². The van der Waals surface area contributed by atoms with E-state index in [1.54, 1.807) is 0 Å². The highest BCUT2D eigenvalue weighted by Crippen LogP contribution is 2.37. The lowest BCUT2D eigenvalue weighted by Crippen LogP contribution is -2.41. The van der Waals surface area contributed by atoms with Gasteiger partial charge in [0.2, 0.25) is 0 Å². The van der Waals surface area contributed by atoms with Crippen molar-refractivity contribution in [3.05, 3.63) is 42.0 Å². The molecule has 0 N–H and O–H groups in total. The molecular weight excluding hydrogens is 325 g/mol. The van der Waals surface area contributed by atoms with Gasteiger partial charge in [-0.15, -0.1) is 0 Å². The van der Waals surface area contributed by atoms with Gasteiger partial charge in [0.25, 0.3) is 0 Å². The van der Waals surface area contributed by atoms with Gasteiger partial charge in [-0.05, 0) is 64.3 Å². The summed E-state index contributed by atoms with van der Waals surface area (Å²) in [5, 5.41) is 2.21. The van der Waals surface area contributed by atoms with Gasteiger partial charge in [0.15, 0.2) is 0 Å². The number of hydrogen-bond donors (Lipinski definition) is 0. The van der Waals surface area contributed by atoms with E-state index in [-0.39, 0.29) is 11.2 Å². The van der Waals surface area contributed by atoms with Crippen LogP contribution >= 0.6 is 0 Å². The highest BCUT2D eigenvalue weighted by molar-refractivity contribution is 6.62. The molecule has 1 saturated heterocycles. The van der Waals surface area contributed by atoms with Crippen molar-refractivity contribution in [2.75, 3.05) is 0 Å². The smallest absolute Gasteiger partial charge is 0.399 e. The highest BCUT2D eigenvalue weighted by Gasteiger charge is 2.51. The molecule has 0 unspecified atom stereocenters. The molecule has 0 saturated carbocycles. The molecule has 1 aromatic heterocycles. The molecule has 0 spiro atoms. The van der Waals surface area contributed by atoms with Crippen LogP contribution in [0.3, 0.4) is 0 Å². The van der Waals surface area contributed by atoms with Crippen molar-refractivity contribution in [2.45, 2.75) is 52.4 Å². The van der Waals surface area contributed by atoms with Gasteiger partial charge in [-0.1, -0.05) is 12.1 Å². The second kappa shape index (κ2) is 5.70. The first kappa shape index (κ1) is 17.3. The Labute approximate surface area is 154 Å². The third-order valence-corrected chi connectivity index (χ3v) is 5.89. The van der Waals surface area contributed by atoms with Crippen LogP contribution in [0.25, 0.3) is 21.8 Å². The number of hydrogen-bond acceptors (Lipinski definition) is 3. The summed E-state index contributed by atoms with van der Waals surface area (Å²) >= 11 is 0. The Hall–Kier alpha value is -2.11. The van der Waals surface area contributed by atoms with E-state index < -0.39 is 7.12 Å². The lowest BCUT2D eigenvalue weighted by atomic mass is 9.78. The highest BCUT2D eigenvalue weighted by atomic mass is 16.7. The van der Waals surface area contributed by atoms with Crippen LogP contribution in [-0.4, -0.2) is 29.2 Å². The number of carbonyl (C=O) groups is 1. The maximum atomic E-state index is 11.2. The Morgan fingerprint density at radius 2 is 1.54 bits per heavy atom. The maximum Gasteiger partial charge on any atom is 0.494 e. The van der Waals surface area contributed by atoms with Gasteiger partial charge in [-0.3, -0.25) is 4.79 Å². The van der Waals surface area contributed by atoms with Gasteiger partial charge in [-0.25, -0.2) is 0 Å². The topological polar surface area (TPSA) is 40.5 Å². The van der Waals surface area contributed by atoms with Gasteiger partial charge in [0, 0.05) is 33.9 Å². The number of benzene rings is 2. The number of rotatable bonds is 3. The molecule has 4 rings (SSSR count). The number of aldehydes is 1. The van der Waals surface area contributed by atoms with E-state index in [9.17, 15) is 4.79 Å². The number of fused-ring (bicyclic) bond motifs is 3. The zero-order chi connectivity index (χ0) is 18.7. The molecule has 0 bridgehead atoms. The van der Waals surface area contributed by atoms with E-state index in [0.29, 0.717) is 5.56 Å². The van der Waals surface area contributed by atoms with Crippen molar-refractivity contribution in [3.63, 3.8) is 0 Å². The average molecular weight is 349 g/mol. The molecule has 4 nitrogen and oxygen atoms in total. The molecule has 134 valence electrons. The minimum Gasteiger partial charge on any atom is -0.399 e. The van der Waals surface area contributed by atoms with Gasteiger partial charge < -0.3 is 13.9 Å². The number of nitrogens with zero attached hydrogens (tertiary/aromatic N) is 1. The van der Waals surface area contributed by atoms with E-state index >= 15 is 0 Å². The lowest BCUT2D eigenvalue weighted by molar-refractivity contribution is 0.00578. The van der Waals surface area contributed by atoms with E-state index in [2.05, 4.69) is 57.4 Å². The molecule has 2 aromatic carbocycles. The van der Waals surface area contributed by atoms with E-state index in [0.717, 1.165) is 40.1 Å². The van der Waals surface area contributed by atoms with Crippen LogP contribution in [-0.2, 0) is 15.9 Å². The van der Waals surface area contributed by atoms with Crippen molar-refractivity contribution in [1.29, 1.82) is 0 Å². The summed E-state index contributed by atoms with van der Waals surface area (Å²) in [6, 6.07) is 12.2. The molecule has 1 aliphatic heterocycles. The summed E-state index contributed by atoms with van der Waals surface area (Å²) in [7, 11) is -0.390. The molecule has 0 radical (unpaired) electrons. The lowest BCUT2D eigenvalue weighted by Gasteiger charge is -2.32. The first-order valence-corrected chi connectivity index (χ1v) is 9.14. The largest absolute Gasteiger partial charge is 0.494 e. The monoisotopic (exact) mass is 349 g/mol. The Bertz CT molecular complexity index is 1000. The molecule has 1 fully saturated rings. The predicted molar refractivity (Wildman–Crippen MR) is 106 cm³/mol. The van der Waals surface area contributed by atoms with Gasteiger partial charge in [-0.2, -0.15) is 0 Å². The molecule has 1 aliphatic rings. The van der Waals surface area contributed by atoms with Crippen LogP contribution in [0.1, 0.15) is 45.0 Å². The summed E-state index contributed by atoms with van der Waals surface area (Å²) in [5.74, 6) is 0. The zero-order valence-electron chi connectivity index (χ0n) is 16.0. The molecule has 5 heteroatoms. The van der Waals surface area contributed by atoms with Crippen LogP contribution in [0.2, 0.25) is 0 Å². The zero-order valence-corrected chi connectivity index (χ0v) is 16.0. The van der Waals surface area contributed by atoms with E-state index in [4.69, 9.17) is 9.31 Å². The Balaban J connectivity index is 1.90. The molecule has 3 aromatic rings. The third-order valence-electron chi connectivity index (χ3n) is 5.89. The Morgan fingerprint density at radius 1 is 0.962 bits per heavy atom. The summed E-state index contributed by atoms with van der Waals surface area (Å²) < 4.78 is 14.7. The van der Waals surface area contributed by atoms with Crippen molar-refractivity contribution in [1.82, 2.24) is 4.57 Å². The quantitative estimate of drug-likeness (QED) is 0.531. The minimum absolute atomic E-state index is 0.366. The molecular formula is C21H24BNO3. The fraction of sp³-hybridized carbons (Fsp3) is 0.381. The number of carbonyl (C=O) groups excluding carboxylic acids is 1. The van der Waals surface area contributed by atoms with Crippen molar-refractivity contribution in [3.8, 4) is 0 Å². The SMILES string of the molecule is CCn1c2ccc(C=O)cc2c2cc(B3OC(C)(C)C(C)(C)O3)ccc21. The van der Waals surface area contributed by atoms with Crippen LogP contribution in [0, 0.1) is 0 Å². The van der Waals surface area contributed by atoms with E-state index in [1.165, 1.54) is 0 Å². The van der Waals surface area contributed by atoms with Gasteiger partial charge in [0.05, 0.1) is 11.2 Å². The first-order valence-electron chi connectivity index (χ1n) is 9.14. The summed E-state index contributed by atoms with van der Waals surface area (Å²) in [6.45, 7) is 11.2. The van der Waals surface area contributed by atoms with Crippen molar-refractivity contribution in [2.24, 2.45) is 0 Å². The Morgan fingerprint density at radius 3 is 2.12 bits per heavy atom. The predicted octanol–water partition coefficient (Wildman–Crippen LogP) is 3.93. The number of aryl methyl sites for hydroxylation is 1. The fourth-order valence-electron chi connectivity index (χ4n) is 3.68. The second-order valence-electron chi connectivity index (χ2n) is 8.00. The normalized spacial score (nSPS) is 18.7. The second-order valence-corrected chi connectivity index (χ2v) is 8.00. The molecule has 0 amide bonds. The molecule has 0 atom stereocenters. The standard InChI is InChI=1S/C21H24BNO3/c1-6-23-18-9-7-14(13-24)11-16(18)17-12-15(8-10-19(17)23)22-25-20(2,3)21(4,5)26-22/h7-13H,6H2,1-5H3. The van der Waals surface area contributed by atoms with E-state index in [1.807, 2.05) is 18.2 Å². The Kier molecular flexibility index (Phi) is 3.79. The molecule has 0 aliphatic carbocycles. The van der Waals surface area contributed by atoms with Crippen LogP contribution in [0.5, 0.6) is 0 Å². The first-order chi connectivity index (χ1) is 12.3. The van der Waals surface area contributed by atoms with Gasteiger partial charge in [0.1, 0.15) is 6.29 Å². The third kappa shape index (κ3) is 2.42. The van der Waals surface area contributed by atoms with Gasteiger partial charge >= 0.3 is 7.12 Å². The fourth-order valence-corrected chi connectivity index (χ4v) is 3.68. The summed E-state index contributed by atoms with van der Waals surface area (Å²) in [4.78, 5) is 11.2. The maximum absolute atomic E-state index is 11.2. The minimum atomic E-state index is -0.390. The average Bonchev–Trinajstić information content (AvgIpc) is 3.03. The summed E-state index contributed by atoms with van der Waals surface area (Å²) in [6.07, 6.45) is 0.895.